The van der Waals surface area contributed by atoms with Gasteiger partial charge < -0.3 is 46.7 Å². The number of carboxylic acids is 1. The third-order valence-corrected chi connectivity index (χ3v) is 10.5. The standard InChI is InChI=1S/C19H35BN2O3.C12H20N2O4.2CNS.Ru/c1-18(2,19(3,4)24-13-20)11-14-5-7-21-16(9-14)17-10-15(12-25-23)6-8-22-17;15-12(16)9-2-4-14-11(6-9)10-5-8(7-18-17)1-3-13-10;2*2-1-3;/h14-17,23H,5-13H2,1-4H3;8-11,17H,1-7H2,(H,15,16);;;/q2*-2;2*-1;+6/p-1. The van der Waals surface area contributed by atoms with E-state index in [0.717, 1.165) is 64.6 Å². The maximum absolute atomic E-state index is 10.9. The summed E-state index contributed by atoms with van der Waals surface area (Å²) < 4.78 is 5.82. The number of aliphatic carboxylic acids is 1. The topological polar surface area (TPSA) is 209 Å². The van der Waals surface area contributed by atoms with Gasteiger partial charge in [-0.25, -0.2) is 9.78 Å². The van der Waals surface area contributed by atoms with Crippen LogP contribution in [0.2, 0.25) is 0 Å². The Morgan fingerprint density at radius 3 is 1.52 bits per heavy atom. The minimum atomic E-state index is -0.971. The molecule has 4 rings (SSSR count). The molecule has 13 nitrogen and oxygen atoms in total. The predicted octanol–water partition coefficient (Wildman–Crippen LogP) is 5.96. The van der Waals surface area contributed by atoms with E-state index >= 15 is 0 Å². The van der Waals surface area contributed by atoms with Gasteiger partial charge in [0.25, 0.3) is 0 Å². The number of carbonyl (C=O) groups is 1. The third-order valence-electron chi connectivity index (χ3n) is 10.5. The average molecular weight is 823 g/mol. The van der Waals surface area contributed by atoms with Crippen molar-refractivity contribution in [2.45, 2.75) is 115 Å². The molecule has 0 bridgehead atoms. The molecule has 4 fully saturated rings. The number of isothiocyanates is 2. The van der Waals surface area contributed by atoms with Crippen LogP contribution in [0.15, 0.2) is 0 Å². The number of thiocarbonyl (C=S) groups is 2. The second-order valence-corrected chi connectivity index (χ2v) is 14.7. The van der Waals surface area contributed by atoms with Crippen molar-refractivity contribution in [2.24, 2.45) is 29.1 Å². The SMILES string of the molecule is O=C([O-])C1CC[N-]C(C2CC(COO)CC[N-]2)C1.[B]COC(C)(C)C(C)(C)CC1CC[N-]C(C2CC(COO)CC[N-]2)C1.[N-]=C=S.[N-]=C=S.[Ru+6]. The molecule has 4 saturated heterocycles. The second kappa shape index (κ2) is 27.1. The van der Waals surface area contributed by atoms with Gasteiger partial charge in [0.05, 0.1) is 18.8 Å². The molecule has 0 aliphatic carbocycles. The minimum absolute atomic E-state index is 0. The van der Waals surface area contributed by atoms with Crippen molar-refractivity contribution in [2.75, 3.05) is 45.9 Å². The van der Waals surface area contributed by atoms with Gasteiger partial charge in [0.2, 0.25) is 0 Å². The Morgan fingerprint density at radius 1 is 0.780 bits per heavy atom. The molecule has 8 unspecified atom stereocenters. The van der Waals surface area contributed by atoms with Crippen LogP contribution >= 0.6 is 24.4 Å². The summed E-state index contributed by atoms with van der Waals surface area (Å²) in [4.78, 5) is 19.5. The van der Waals surface area contributed by atoms with Crippen LogP contribution in [-0.2, 0) is 38.8 Å². The Balaban J connectivity index is 0.000000842. The summed E-state index contributed by atoms with van der Waals surface area (Å²) in [5.74, 6) is -0.0339. The van der Waals surface area contributed by atoms with Gasteiger partial charge in [0, 0.05) is 12.5 Å². The number of piperidine rings is 4. The van der Waals surface area contributed by atoms with Crippen LogP contribution in [0.25, 0.3) is 32.1 Å². The largest absolute Gasteiger partial charge is 6.00 e. The Morgan fingerprint density at radius 2 is 1.14 bits per heavy atom. The molecule has 2 N–H and O–H groups in total. The summed E-state index contributed by atoms with van der Waals surface area (Å²) in [6.45, 7) is 12.9. The monoisotopic (exact) mass is 823 g/mol. The molecule has 0 aromatic carbocycles. The Labute approximate surface area is 323 Å². The first-order chi connectivity index (χ1) is 23.3. The fourth-order valence-electron chi connectivity index (χ4n) is 7.15. The Bertz CT molecular complexity index is 996. The van der Waals surface area contributed by atoms with Gasteiger partial charge in [-0.1, -0.05) is 89.6 Å². The maximum Gasteiger partial charge on any atom is 6.00 e. The zero-order valence-electron chi connectivity index (χ0n) is 29.8. The van der Waals surface area contributed by atoms with E-state index in [-0.39, 0.29) is 61.0 Å². The normalized spacial score (nSPS) is 29.7. The summed E-state index contributed by atoms with van der Waals surface area (Å²) in [5, 5.41) is 63.8. The van der Waals surface area contributed by atoms with E-state index < -0.39 is 11.9 Å². The van der Waals surface area contributed by atoms with Crippen LogP contribution in [0.1, 0.15) is 85.5 Å². The van der Waals surface area contributed by atoms with E-state index in [1.165, 1.54) is 10.3 Å². The molecule has 17 heteroatoms. The van der Waals surface area contributed by atoms with E-state index in [1.54, 1.807) is 0 Å². The summed E-state index contributed by atoms with van der Waals surface area (Å²) in [7, 11) is 5.62. The van der Waals surface area contributed by atoms with Crippen LogP contribution < -0.4 is 5.11 Å². The molecule has 4 aliphatic rings. The Kier molecular flexibility index (Phi) is 26.7. The molecule has 0 saturated carbocycles. The quantitative estimate of drug-likeness (QED) is 0.0781. The molecule has 8 atom stereocenters. The maximum atomic E-state index is 10.9. The number of rotatable bonds is 12. The average Bonchev–Trinajstić information content (AvgIpc) is 3.06. The van der Waals surface area contributed by atoms with Crippen molar-refractivity contribution in [1.82, 2.24) is 0 Å². The van der Waals surface area contributed by atoms with Crippen molar-refractivity contribution < 1.29 is 54.4 Å². The van der Waals surface area contributed by atoms with Crippen LogP contribution in [0.5, 0.6) is 0 Å². The van der Waals surface area contributed by atoms with E-state index in [1.807, 2.05) is 0 Å². The summed E-state index contributed by atoms with van der Waals surface area (Å²) >= 11 is 7.40. The van der Waals surface area contributed by atoms with Crippen molar-refractivity contribution in [1.29, 1.82) is 0 Å². The Hall–Kier alpha value is -0.602. The van der Waals surface area contributed by atoms with Crippen molar-refractivity contribution in [3.05, 3.63) is 32.1 Å². The predicted molar refractivity (Wildman–Crippen MR) is 197 cm³/mol. The number of hydrogen-bond donors (Lipinski definition) is 2. The molecule has 282 valence electrons. The van der Waals surface area contributed by atoms with E-state index in [0.29, 0.717) is 50.5 Å². The molecule has 0 spiro atoms. The molecule has 4 aliphatic heterocycles. The van der Waals surface area contributed by atoms with Gasteiger partial charge >= 0.3 is 19.5 Å². The first-order valence-electron chi connectivity index (χ1n) is 17.1. The van der Waals surface area contributed by atoms with E-state index in [2.05, 4.69) is 72.5 Å². The fraction of sp³-hybridized carbons (Fsp3) is 0.909. The molecule has 2 radical (unpaired) electrons. The van der Waals surface area contributed by atoms with Crippen molar-refractivity contribution in [3.63, 3.8) is 0 Å². The first kappa shape index (κ1) is 49.4. The van der Waals surface area contributed by atoms with Gasteiger partial charge in [-0.15, -0.1) is 26.2 Å². The van der Waals surface area contributed by atoms with Crippen molar-refractivity contribution >= 4 is 48.6 Å². The summed E-state index contributed by atoms with van der Waals surface area (Å²) in [6, 6.07) is 0.659. The van der Waals surface area contributed by atoms with Crippen LogP contribution in [0.3, 0.4) is 0 Å². The zero-order valence-corrected chi connectivity index (χ0v) is 33.2. The number of ether oxygens (including phenoxy) is 1. The van der Waals surface area contributed by atoms with Gasteiger partial charge in [-0.2, -0.15) is 34.5 Å². The number of nitrogens with zero attached hydrogens (tertiary/aromatic N) is 6. The van der Waals surface area contributed by atoms with Crippen LogP contribution in [-0.4, -0.2) is 110 Å². The number of carbonyl (C=O) groups excluding carboxylic acids is 1. The number of hydrogen-bond acceptors (Lipinski definition) is 9. The van der Waals surface area contributed by atoms with E-state index in [4.69, 9.17) is 44.5 Å². The van der Waals surface area contributed by atoms with Gasteiger partial charge in [0.1, 0.15) is 7.85 Å². The molecular weight excluding hydrogens is 768 g/mol. The van der Waals surface area contributed by atoms with Crippen LogP contribution in [0.4, 0.5) is 0 Å². The second-order valence-electron chi connectivity index (χ2n) is 14.3. The summed E-state index contributed by atoms with van der Waals surface area (Å²) in [6.07, 6.45) is 8.18. The van der Waals surface area contributed by atoms with Gasteiger partial charge in [-0.05, 0) is 49.4 Å². The number of carboxylic acid groups (broad SMARTS) is 1. The van der Waals surface area contributed by atoms with Crippen LogP contribution in [0, 0.1) is 29.1 Å². The molecule has 0 aromatic rings. The summed E-state index contributed by atoms with van der Waals surface area (Å²) in [5.41, 5.74) is -0.194. The fourth-order valence-corrected chi connectivity index (χ4v) is 7.15. The zero-order chi connectivity index (χ0) is 36.9. The van der Waals surface area contributed by atoms with E-state index in [9.17, 15) is 9.90 Å². The molecule has 0 amide bonds. The first-order valence-corrected chi connectivity index (χ1v) is 17.9. The molecule has 0 aromatic heterocycles. The van der Waals surface area contributed by atoms with Gasteiger partial charge in [0.15, 0.2) is 0 Å². The smallest absolute Gasteiger partial charge is 0.753 e. The molecular formula is C33H54BN6O7RuS2-. The van der Waals surface area contributed by atoms with Gasteiger partial charge in [-0.3, -0.25) is 10.5 Å². The minimum Gasteiger partial charge on any atom is -0.753 e. The molecule has 4 heterocycles. The van der Waals surface area contributed by atoms with Crippen molar-refractivity contribution in [3.8, 4) is 0 Å². The molecule has 50 heavy (non-hydrogen) atoms. The third kappa shape index (κ3) is 17.9.